The van der Waals surface area contributed by atoms with E-state index in [1.54, 1.807) is 0 Å². The topological polar surface area (TPSA) is 29.5 Å². The molecule has 1 aromatic rings. The molecule has 2 rings (SSSR count). The highest BCUT2D eigenvalue weighted by Gasteiger charge is 2.33. The van der Waals surface area contributed by atoms with Gasteiger partial charge in [0.2, 0.25) is 0 Å². The lowest BCUT2D eigenvalue weighted by atomic mass is 9.86. The second kappa shape index (κ2) is 5.19. The molecule has 2 heteroatoms. The van der Waals surface area contributed by atoms with Crippen molar-refractivity contribution in [2.24, 2.45) is 5.92 Å². The van der Waals surface area contributed by atoms with Crippen LogP contribution in [-0.2, 0) is 4.74 Å². The first-order chi connectivity index (χ1) is 8.15. The van der Waals surface area contributed by atoms with Crippen molar-refractivity contribution in [1.82, 2.24) is 0 Å². The molecule has 1 aliphatic rings. The second-order valence-corrected chi connectivity index (χ2v) is 5.00. The van der Waals surface area contributed by atoms with Crippen LogP contribution < -0.4 is 0 Å². The molecule has 3 unspecified atom stereocenters. The van der Waals surface area contributed by atoms with E-state index in [0.717, 1.165) is 25.0 Å². The van der Waals surface area contributed by atoms with Crippen LogP contribution in [0.5, 0.6) is 0 Å². The van der Waals surface area contributed by atoms with Gasteiger partial charge in [0, 0.05) is 12.5 Å². The van der Waals surface area contributed by atoms with E-state index in [2.05, 4.69) is 26.8 Å². The summed E-state index contributed by atoms with van der Waals surface area (Å²) in [7, 11) is 0. The standard InChI is InChI=1S/C15H22O2/c1-4-14-13(8-9-17-14)15(16)12-7-5-6-10(2)11(12)3/h5-7,13-16H,4,8-9H2,1-3H3. The number of ether oxygens (including phenoxy) is 1. The summed E-state index contributed by atoms with van der Waals surface area (Å²) in [5, 5.41) is 10.5. The van der Waals surface area contributed by atoms with Gasteiger partial charge in [-0.25, -0.2) is 0 Å². The average Bonchev–Trinajstić information content (AvgIpc) is 2.80. The van der Waals surface area contributed by atoms with E-state index >= 15 is 0 Å². The van der Waals surface area contributed by atoms with Crippen LogP contribution in [0.3, 0.4) is 0 Å². The molecular weight excluding hydrogens is 212 g/mol. The summed E-state index contributed by atoms with van der Waals surface area (Å²) in [6.07, 6.45) is 1.77. The molecule has 0 saturated carbocycles. The molecule has 0 aromatic heterocycles. The molecule has 1 heterocycles. The fourth-order valence-corrected chi connectivity index (χ4v) is 2.77. The molecule has 0 radical (unpaired) electrons. The van der Waals surface area contributed by atoms with Crippen molar-refractivity contribution in [2.45, 2.75) is 45.8 Å². The molecule has 94 valence electrons. The molecule has 1 aliphatic heterocycles. The van der Waals surface area contributed by atoms with Crippen LogP contribution in [0.1, 0.15) is 42.6 Å². The van der Waals surface area contributed by atoms with E-state index < -0.39 is 0 Å². The van der Waals surface area contributed by atoms with Gasteiger partial charge in [0.15, 0.2) is 0 Å². The van der Waals surface area contributed by atoms with Crippen molar-refractivity contribution < 1.29 is 9.84 Å². The summed E-state index contributed by atoms with van der Waals surface area (Å²) in [4.78, 5) is 0. The van der Waals surface area contributed by atoms with Gasteiger partial charge in [-0.2, -0.15) is 0 Å². The first-order valence-electron chi connectivity index (χ1n) is 6.51. The molecule has 0 bridgehead atoms. The zero-order valence-corrected chi connectivity index (χ0v) is 10.9. The SMILES string of the molecule is CCC1OCCC1C(O)c1cccc(C)c1C. The van der Waals surface area contributed by atoms with Gasteiger partial charge in [-0.15, -0.1) is 0 Å². The molecule has 1 fully saturated rings. The van der Waals surface area contributed by atoms with Crippen molar-refractivity contribution in [2.75, 3.05) is 6.61 Å². The highest BCUT2D eigenvalue weighted by Crippen LogP contribution is 2.36. The Balaban J connectivity index is 2.24. The van der Waals surface area contributed by atoms with Crippen molar-refractivity contribution in [3.05, 3.63) is 34.9 Å². The molecular formula is C15H22O2. The fraction of sp³-hybridized carbons (Fsp3) is 0.600. The summed E-state index contributed by atoms with van der Waals surface area (Å²) in [6.45, 7) is 7.09. The van der Waals surface area contributed by atoms with Gasteiger partial charge >= 0.3 is 0 Å². The molecule has 0 amide bonds. The van der Waals surface area contributed by atoms with Gasteiger partial charge in [0.05, 0.1) is 12.2 Å². The Morgan fingerprint density at radius 1 is 1.41 bits per heavy atom. The molecule has 0 spiro atoms. The summed E-state index contributed by atoms with van der Waals surface area (Å²) in [5.74, 6) is 0.250. The third-order valence-corrected chi connectivity index (χ3v) is 4.03. The highest BCUT2D eigenvalue weighted by atomic mass is 16.5. The molecule has 1 aromatic carbocycles. The molecule has 2 nitrogen and oxygen atoms in total. The molecule has 1 saturated heterocycles. The van der Waals surface area contributed by atoms with E-state index in [1.807, 2.05) is 12.1 Å². The lowest BCUT2D eigenvalue weighted by molar-refractivity contribution is 0.0305. The number of aliphatic hydroxyl groups excluding tert-OH is 1. The quantitative estimate of drug-likeness (QED) is 0.870. The van der Waals surface area contributed by atoms with Crippen molar-refractivity contribution >= 4 is 0 Å². The Kier molecular flexibility index (Phi) is 3.85. The summed E-state index contributed by atoms with van der Waals surface area (Å²) < 4.78 is 5.67. The Bertz CT molecular complexity index is 387. The first-order valence-corrected chi connectivity index (χ1v) is 6.51. The first kappa shape index (κ1) is 12.6. The maximum absolute atomic E-state index is 10.5. The molecule has 3 atom stereocenters. The zero-order valence-electron chi connectivity index (χ0n) is 10.9. The monoisotopic (exact) mass is 234 g/mol. The van der Waals surface area contributed by atoms with Crippen LogP contribution in [0, 0.1) is 19.8 Å². The predicted molar refractivity (Wildman–Crippen MR) is 69.0 cm³/mol. The lowest BCUT2D eigenvalue weighted by Crippen LogP contribution is -2.22. The van der Waals surface area contributed by atoms with Crippen molar-refractivity contribution in [3.63, 3.8) is 0 Å². The number of aryl methyl sites for hydroxylation is 1. The summed E-state index contributed by atoms with van der Waals surface area (Å²) in [6, 6.07) is 6.16. The van der Waals surface area contributed by atoms with Gasteiger partial charge < -0.3 is 9.84 Å². The van der Waals surface area contributed by atoms with Crippen LogP contribution in [0.4, 0.5) is 0 Å². The lowest BCUT2D eigenvalue weighted by Gasteiger charge is -2.24. The van der Waals surface area contributed by atoms with Crippen LogP contribution in [0.15, 0.2) is 18.2 Å². The minimum absolute atomic E-state index is 0.213. The van der Waals surface area contributed by atoms with Crippen LogP contribution >= 0.6 is 0 Å². The average molecular weight is 234 g/mol. The van der Waals surface area contributed by atoms with E-state index in [4.69, 9.17) is 4.74 Å². The maximum atomic E-state index is 10.5. The van der Waals surface area contributed by atoms with Crippen molar-refractivity contribution in [1.29, 1.82) is 0 Å². The maximum Gasteiger partial charge on any atom is 0.0846 e. The minimum atomic E-state index is -0.387. The van der Waals surface area contributed by atoms with Crippen molar-refractivity contribution in [3.8, 4) is 0 Å². The normalized spacial score (nSPS) is 26.1. The number of hydrogen-bond acceptors (Lipinski definition) is 2. The predicted octanol–water partition coefficient (Wildman–Crippen LogP) is 3.15. The van der Waals surface area contributed by atoms with E-state index in [9.17, 15) is 5.11 Å². The third kappa shape index (κ3) is 2.38. The van der Waals surface area contributed by atoms with E-state index in [1.165, 1.54) is 11.1 Å². The second-order valence-electron chi connectivity index (χ2n) is 5.00. The minimum Gasteiger partial charge on any atom is -0.388 e. The Morgan fingerprint density at radius 2 is 2.18 bits per heavy atom. The van der Waals surface area contributed by atoms with Gasteiger partial charge in [-0.3, -0.25) is 0 Å². The number of aliphatic hydroxyl groups is 1. The Morgan fingerprint density at radius 3 is 2.88 bits per heavy atom. The van der Waals surface area contributed by atoms with Gasteiger partial charge in [-0.1, -0.05) is 25.1 Å². The molecule has 1 N–H and O–H groups in total. The van der Waals surface area contributed by atoms with Crippen LogP contribution in [0.25, 0.3) is 0 Å². The van der Waals surface area contributed by atoms with E-state index in [-0.39, 0.29) is 18.1 Å². The van der Waals surface area contributed by atoms with E-state index in [0.29, 0.717) is 0 Å². The summed E-state index contributed by atoms with van der Waals surface area (Å²) in [5.41, 5.74) is 3.52. The number of rotatable bonds is 3. The highest BCUT2D eigenvalue weighted by molar-refractivity contribution is 5.35. The van der Waals surface area contributed by atoms with Gasteiger partial charge in [-0.05, 0) is 43.4 Å². The van der Waals surface area contributed by atoms with Gasteiger partial charge in [0.1, 0.15) is 0 Å². The number of hydrogen-bond donors (Lipinski definition) is 1. The van der Waals surface area contributed by atoms with Crippen LogP contribution in [0.2, 0.25) is 0 Å². The number of benzene rings is 1. The smallest absolute Gasteiger partial charge is 0.0846 e. The van der Waals surface area contributed by atoms with Crippen LogP contribution in [-0.4, -0.2) is 17.8 Å². The largest absolute Gasteiger partial charge is 0.388 e. The Hall–Kier alpha value is -0.860. The fourth-order valence-electron chi connectivity index (χ4n) is 2.77. The van der Waals surface area contributed by atoms with Gasteiger partial charge in [0.25, 0.3) is 0 Å². The third-order valence-electron chi connectivity index (χ3n) is 4.03. The molecule has 0 aliphatic carbocycles. The summed E-state index contributed by atoms with van der Waals surface area (Å²) >= 11 is 0. The Labute approximate surface area is 104 Å². The molecule has 17 heavy (non-hydrogen) atoms. The zero-order chi connectivity index (χ0) is 12.4.